The predicted molar refractivity (Wildman–Crippen MR) is 85.7 cm³/mol. The molecular weight excluding hydrogens is 294 g/mol. The van der Waals surface area contributed by atoms with E-state index in [1.165, 1.54) is 0 Å². The zero-order valence-corrected chi connectivity index (χ0v) is 12.3. The van der Waals surface area contributed by atoms with E-state index in [4.69, 9.17) is 9.37 Å². The predicted octanol–water partition coefficient (Wildman–Crippen LogP) is 3.37. The summed E-state index contributed by atoms with van der Waals surface area (Å²) in [5, 5.41) is 11.0. The number of hydrogen-bond acceptors (Lipinski definition) is 6. The molecule has 0 radical (unpaired) electrons. The summed E-state index contributed by atoms with van der Waals surface area (Å²) in [7, 11) is 1.62. The molecule has 4 rings (SSSR count). The van der Waals surface area contributed by atoms with Crippen LogP contribution in [0.4, 0.5) is 11.5 Å². The fourth-order valence-electron chi connectivity index (χ4n) is 2.33. The fraction of sp³-hybridized carbons (Fsp3) is 0.0625. The van der Waals surface area contributed by atoms with Gasteiger partial charge in [-0.3, -0.25) is 0 Å². The van der Waals surface area contributed by atoms with Crippen molar-refractivity contribution in [2.45, 2.75) is 0 Å². The Balaban J connectivity index is 1.70. The zero-order chi connectivity index (χ0) is 15.6. The minimum Gasteiger partial charge on any atom is -0.497 e. The van der Waals surface area contributed by atoms with Gasteiger partial charge >= 0.3 is 0 Å². The van der Waals surface area contributed by atoms with E-state index < -0.39 is 0 Å². The number of rotatable bonds is 4. The summed E-state index contributed by atoms with van der Waals surface area (Å²) in [6, 6.07) is 15.3. The van der Waals surface area contributed by atoms with Crippen LogP contribution < -0.4 is 10.1 Å². The molecule has 2 aromatic heterocycles. The standard InChI is InChI=1S/C16H13N5O2/c1-22-11-6-4-5-10(9-11)17-16-14(20-23-21-16)15-18-12-7-2-3-8-13(12)19-15/h2-9H,1H3,(H,17,21)(H,18,19). The Morgan fingerprint density at radius 2 is 2.00 bits per heavy atom. The molecule has 4 aromatic rings. The molecule has 0 spiro atoms. The SMILES string of the molecule is COc1cccc(Nc2nonc2-c2nc3ccccc3[nH]2)c1. The maximum atomic E-state index is 5.21. The first kappa shape index (κ1) is 13.3. The number of aromatic nitrogens is 4. The molecule has 0 bridgehead atoms. The van der Waals surface area contributed by atoms with Gasteiger partial charge in [-0.05, 0) is 34.6 Å². The minimum absolute atomic E-state index is 0.484. The number of nitrogens with zero attached hydrogens (tertiary/aromatic N) is 3. The number of para-hydroxylation sites is 2. The molecule has 0 amide bonds. The number of nitrogens with one attached hydrogen (secondary N) is 2. The van der Waals surface area contributed by atoms with Crippen LogP contribution in [0.1, 0.15) is 0 Å². The molecule has 0 aliphatic carbocycles. The van der Waals surface area contributed by atoms with E-state index in [1.54, 1.807) is 7.11 Å². The van der Waals surface area contributed by atoms with E-state index in [0.717, 1.165) is 22.5 Å². The van der Waals surface area contributed by atoms with E-state index in [-0.39, 0.29) is 0 Å². The quantitative estimate of drug-likeness (QED) is 0.601. The second-order valence-electron chi connectivity index (χ2n) is 4.92. The summed E-state index contributed by atoms with van der Waals surface area (Å²) in [6.07, 6.45) is 0. The highest BCUT2D eigenvalue weighted by molar-refractivity contribution is 5.81. The van der Waals surface area contributed by atoms with Gasteiger partial charge < -0.3 is 15.0 Å². The van der Waals surface area contributed by atoms with Crippen LogP contribution in [0.3, 0.4) is 0 Å². The summed E-state index contributed by atoms with van der Waals surface area (Å²) >= 11 is 0. The number of methoxy groups -OCH3 is 1. The van der Waals surface area contributed by atoms with Crippen molar-refractivity contribution in [2.75, 3.05) is 12.4 Å². The maximum absolute atomic E-state index is 5.21. The van der Waals surface area contributed by atoms with Crippen molar-refractivity contribution in [1.29, 1.82) is 0 Å². The lowest BCUT2D eigenvalue weighted by Crippen LogP contribution is -1.94. The van der Waals surface area contributed by atoms with Crippen LogP contribution >= 0.6 is 0 Å². The van der Waals surface area contributed by atoms with Crippen molar-refractivity contribution >= 4 is 22.5 Å². The molecule has 0 aliphatic rings. The first-order valence-electron chi connectivity index (χ1n) is 7.02. The number of ether oxygens (including phenoxy) is 1. The molecule has 7 heteroatoms. The van der Waals surface area contributed by atoms with Gasteiger partial charge in [0.15, 0.2) is 11.5 Å². The first-order valence-corrected chi connectivity index (χ1v) is 7.02. The van der Waals surface area contributed by atoms with E-state index in [2.05, 4.69) is 25.6 Å². The Kier molecular flexibility index (Phi) is 3.16. The van der Waals surface area contributed by atoms with E-state index in [1.807, 2.05) is 48.5 Å². The minimum atomic E-state index is 0.484. The Bertz CT molecular complexity index is 927. The van der Waals surface area contributed by atoms with Crippen LogP contribution in [-0.2, 0) is 0 Å². The molecule has 23 heavy (non-hydrogen) atoms. The summed E-state index contributed by atoms with van der Waals surface area (Å²) in [5.41, 5.74) is 3.12. The van der Waals surface area contributed by atoms with Crippen molar-refractivity contribution in [2.24, 2.45) is 0 Å². The molecule has 0 atom stereocenters. The van der Waals surface area contributed by atoms with Gasteiger partial charge in [-0.25, -0.2) is 9.61 Å². The van der Waals surface area contributed by atoms with Gasteiger partial charge in [0.05, 0.1) is 18.1 Å². The molecule has 7 nitrogen and oxygen atoms in total. The molecule has 0 saturated heterocycles. The molecule has 0 unspecified atom stereocenters. The normalized spacial score (nSPS) is 10.8. The van der Waals surface area contributed by atoms with Crippen LogP contribution in [0.15, 0.2) is 53.2 Å². The third-order valence-corrected chi connectivity index (χ3v) is 3.43. The van der Waals surface area contributed by atoms with Crippen LogP contribution in [0.5, 0.6) is 5.75 Å². The summed E-state index contributed by atoms with van der Waals surface area (Å²) in [5.74, 6) is 1.83. The molecule has 2 N–H and O–H groups in total. The number of aromatic amines is 1. The van der Waals surface area contributed by atoms with Gasteiger partial charge in [-0.2, -0.15) is 0 Å². The van der Waals surface area contributed by atoms with Crippen LogP contribution in [0.25, 0.3) is 22.6 Å². The van der Waals surface area contributed by atoms with Crippen molar-refractivity contribution < 1.29 is 9.37 Å². The second-order valence-corrected chi connectivity index (χ2v) is 4.92. The highest BCUT2D eigenvalue weighted by Crippen LogP contribution is 2.27. The molecule has 2 heterocycles. The summed E-state index contributed by atoms with van der Waals surface area (Å²) < 4.78 is 10.1. The zero-order valence-electron chi connectivity index (χ0n) is 12.3. The smallest absolute Gasteiger partial charge is 0.206 e. The number of imidazole rings is 1. The van der Waals surface area contributed by atoms with Gasteiger partial charge in [0.1, 0.15) is 5.75 Å². The first-order chi connectivity index (χ1) is 11.3. The number of benzene rings is 2. The molecule has 114 valence electrons. The highest BCUT2D eigenvalue weighted by Gasteiger charge is 2.16. The Morgan fingerprint density at radius 1 is 1.09 bits per heavy atom. The second kappa shape index (κ2) is 5.45. The third-order valence-electron chi connectivity index (χ3n) is 3.43. The third kappa shape index (κ3) is 2.48. The number of H-pyrrole nitrogens is 1. The number of hydrogen-bond donors (Lipinski definition) is 2. The number of fused-ring (bicyclic) bond motifs is 1. The molecule has 2 aromatic carbocycles. The monoisotopic (exact) mass is 307 g/mol. The maximum Gasteiger partial charge on any atom is 0.206 e. The van der Waals surface area contributed by atoms with Crippen molar-refractivity contribution in [3.8, 4) is 17.3 Å². The van der Waals surface area contributed by atoms with E-state index in [9.17, 15) is 0 Å². The van der Waals surface area contributed by atoms with E-state index >= 15 is 0 Å². The average Bonchev–Trinajstić information content (AvgIpc) is 3.21. The summed E-state index contributed by atoms with van der Waals surface area (Å²) in [4.78, 5) is 7.72. The van der Waals surface area contributed by atoms with Crippen molar-refractivity contribution in [1.82, 2.24) is 20.3 Å². The Hall–Kier alpha value is -3.35. The number of anilines is 2. The van der Waals surface area contributed by atoms with Crippen molar-refractivity contribution in [3.63, 3.8) is 0 Å². The van der Waals surface area contributed by atoms with Crippen LogP contribution in [0.2, 0.25) is 0 Å². The molecule has 0 saturated carbocycles. The van der Waals surface area contributed by atoms with Crippen LogP contribution in [0, 0.1) is 0 Å². The van der Waals surface area contributed by atoms with Gasteiger partial charge in [0.25, 0.3) is 0 Å². The lowest BCUT2D eigenvalue weighted by molar-refractivity contribution is 0.310. The van der Waals surface area contributed by atoms with Gasteiger partial charge in [0.2, 0.25) is 5.82 Å². The Morgan fingerprint density at radius 3 is 2.87 bits per heavy atom. The van der Waals surface area contributed by atoms with Crippen LogP contribution in [-0.4, -0.2) is 27.4 Å². The average molecular weight is 307 g/mol. The van der Waals surface area contributed by atoms with Crippen molar-refractivity contribution in [3.05, 3.63) is 48.5 Å². The van der Waals surface area contributed by atoms with Gasteiger partial charge in [-0.1, -0.05) is 18.2 Å². The van der Waals surface area contributed by atoms with Gasteiger partial charge in [-0.15, -0.1) is 0 Å². The lowest BCUT2D eigenvalue weighted by Gasteiger charge is -2.05. The molecule has 0 fully saturated rings. The lowest BCUT2D eigenvalue weighted by atomic mass is 10.3. The fourth-order valence-corrected chi connectivity index (χ4v) is 2.33. The molecular formula is C16H13N5O2. The van der Waals surface area contributed by atoms with Gasteiger partial charge in [0, 0.05) is 11.8 Å². The topological polar surface area (TPSA) is 88.9 Å². The summed E-state index contributed by atoms with van der Waals surface area (Å²) in [6.45, 7) is 0. The van der Waals surface area contributed by atoms with E-state index in [0.29, 0.717) is 17.3 Å². The largest absolute Gasteiger partial charge is 0.497 e. The molecule has 0 aliphatic heterocycles. The highest BCUT2D eigenvalue weighted by atomic mass is 16.6. The Labute approximate surface area is 131 Å².